The highest BCUT2D eigenvalue weighted by Gasteiger charge is 2.21. The molecular formula is C13H18BrNO3. The molecule has 5 heteroatoms. The van der Waals surface area contributed by atoms with Crippen LogP contribution in [-0.2, 0) is 11.3 Å². The Kier molecular flexibility index (Phi) is 4.83. The SMILES string of the molecule is O=C(O)CCC1CCN(Cc2occc2Br)CC1. The minimum absolute atomic E-state index is 0.300. The first-order valence-electron chi connectivity index (χ1n) is 6.31. The summed E-state index contributed by atoms with van der Waals surface area (Å²) in [7, 11) is 0. The number of hydrogen-bond donors (Lipinski definition) is 1. The van der Waals surface area contributed by atoms with Gasteiger partial charge >= 0.3 is 5.97 Å². The van der Waals surface area contributed by atoms with E-state index < -0.39 is 5.97 Å². The van der Waals surface area contributed by atoms with E-state index in [9.17, 15) is 4.79 Å². The number of carboxylic acids is 1. The maximum absolute atomic E-state index is 10.5. The summed E-state index contributed by atoms with van der Waals surface area (Å²) >= 11 is 3.46. The first-order valence-corrected chi connectivity index (χ1v) is 7.10. The molecule has 0 saturated carbocycles. The fourth-order valence-electron chi connectivity index (χ4n) is 2.40. The van der Waals surface area contributed by atoms with Gasteiger partial charge in [-0.3, -0.25) is 9.69 Å². The molecule has 0 radical (unpaired) electrons. The zero-order valence-electron chi connectivity index (χ0n) is 10.3. The lowest BCUT2D eigenvalue weighted by Gasteiger charge is -2.31. The van der Waals surface area contributed by atoms with Gasteiger partial charge in [-0.25, -0.2) is 0 Å². The molecule has 4 nitrogen and oxygen atoms in total. The third-order valence-corrected chi connectivity index (χ3v) is 4.24. The Hall–Kier alpha value is -0.810. The molecule has 1 aliphatic heterocycles. The van der Waals surface area contributed by atoms with Gasteiger partial charge in [0.2, 0.25) is 0 Å². The van der Waals surface area contributed by atoms with Crippen LogP contribution in [0, 0.1) is 5.92 Å². The highest BCUT2D eigenvalue weighted by atomic mass is 79.9. The van der Waals surface area contributed by atoms with Crippen LogP contribution in [0.3, 0.4) is 0 Å². The lowest BCUT2D eigenvalue weighted by molar-refractivity contribution is -0.137. The smallest absolute Gasteiger partial charge is 0.303 e. The molecule has 0 amide bonds. The minimum Gasteiger partial charge on any atom is -0.481 e. The summed E-state index contributed by atoms with van der Waals surface area (Å²) in [6, 6.07) is 1.91. The highest BCUT2D eigenvalue weighted by Crippen LogP contribution is 2.25. The van der Waals surface area contributed by atoms with E-state index in [4.69, 9.17) is 9.52 Å². The molecule has 1 N–H and O–H groups in total. The van der Waals surface area contributed by atoms with Crippen LogP contribution in [0.4, 0.5) is 0 Å². The van der Waals surface area contributed by atoms with Crippen molar-refractivity contribution in [3.05, 3.63) is 22.6 Å². The first-order chi connectivity index (χ1) is 8.65. The fraction of sp³-hybridized carbons (Fsp3) is 0.615. The maximum atomic E-state index is 10.5. The van der Waals surface area contributed by atoms with Crippen LogP contribution in [0.2, 0.25) is 0 Å². The number of halogens is 1. The van der Waals surface area contributed by atoms with E-state index in [2.05, 4.69) is 20.8 Å². The van der Waals surface area contributed by atoms with Crippen molar-refractivity contribution in [3.8, 4) is 0 Å². The topological polar surface area (TPSA) is 53.7 Å². The average Bonchev–Trinajstić information content (AvgIpc) is 2.74. The molecule has 0 aliphatic carbocycles. The van der Waals surface area contributed by atoms with Crippen molar-refractivity contribution >= 4 is 21.9 Å². The molecule has 1 aromatic rings. The molecule has 18 heavy (non-hydrogen) atoms. The second kappa shape index (κ2) is 6.38. The molecule has 0 unspecified atom stereocenters. The monoisotopic (exact) mass is 315 g/mol. The van der Waals surface area contributed by atoms with Gasteiger partial charge in [0, 0.05) is 6.42 Å². The van der Waals surface area contributed by atoms with Gasteiger partial charge in [-0.15, -0.1) is 0 Å². The summed E-state index contributed by atoms with van der Waals surface area (Å²) < 4.78 is 6.43. The quantitative estimate of drug-likeness (QED) is 0.907. The van der Waals surface area contributed by atoms with Gasteiger partial charge in [0.05, 0.1) is 17.3 Å². The van der Waals surface area contributed by atoms with Crippen LogP contribution < -0.4 is 0 Å². The van der Waals surface area contributed by atoms with Crippen molar-refractivity contribution < 1.29 is 14.3 Å². The lowest BCUT2D eigenvalue weighted by atomic mass is 9.92. The molecule has 0 bridgehead atoms. The molecule has 1 fully saturated rings. The van der Waals surface area contributed by atoms with E-state index in [-0.39, 0.29) is 0 Å². The van der Waals surface area contributed by atoms with Crippen molar-refractivity contribution in [2.45, 2.75) is 32.2 Å². The number of likely N-dealkylation sites (tertiary alicyclic amines) is 1. The van der Waals surface area contributed by atoms with E-state index in [1.165, 1.54) is 0 Å². The molecule has 0 spiro atoms. The Bertz CT molecular complexity index is 397. The minimum atomic E-state index is -0.683. The maximum Gasteiger partial charge on any atom is 0.303 e. The van der Waals surface area contributed by atoms with Crippen molar-refractivity contribution in [1.29, 1.82) is 0 Å². The van der Waals surface area contributed by atoms with E-state index in [1.807, 2.05) is 6.07 Å². The van der Waals surface area contributed by atoms with Crippen LogP contribution >= 0.6 is 15.9 Å². The van der Waals surface area contributed by atoms with E-state index in [0.29, 0.717) is 12.3 Å². The summed E-state index contributed by atoms with van der Waals surface area (Å²) in [5.74, 6) is 0.855. The van der Waals surface area contributed by atoms with Crippen LogP contribution in [-0.4, -0.2) is 29.1 Å². The van der Waals surface area contributed by atoms with E-state index in [0.717, 1.165) is 49.1 Å². The molecule has 2 rings (SSSR count). The normalized spacial score (nSPS) is 18.1. The number of carboxylic acid groups (broad SMARTS) is 1. The van der Waals surface area contributed by atoms with Gasteiger partial charge in [0.15, 0.2) is 0 Å². The summed E-state index contributed by atoms with van der Waals surface area (Å²) in [5.41, 5.74) is 0. The van der Waals surface area contributed by atoms with Crippen molar-refractivity contribution in [3.63, 3.8) is 0 Å². The number of aliphatic carboxylic acids is 1. The van der Waals surface area contributed by atoms with Crippen molar-refractivity contribution in [2.75, 3.05) is 13.1 Å². The van der Waals surface area contributed by atoms with Crippen LogP contribution in [0.15, 0.2) is 21.2 Å². The molecular weight excluding hydrogens is 298 g/mol. The Morgan fingerprint density at radius 2 is 2.22 bits per heavy atom. The second-order valence-corrected chi connectivity index (χ2v) is 5.70. The predicted octanol–water partition coefficient (Wildman–Crippen LogP) is 3.12. The zero-order valence-corrected chi connectivity index (χ0v) is 11.9. The number of furan rings is 1. The summed E-state index contributed by atoms with van der Waals surface area (Å²) in [6.07, 6.45) is 4.98. The third-order valence-electron chi connectivity index (χ3n) is 3.53. The Morgan fingerprint density at radius 1 is 1.50 bits per heavy atom. The molecule has 0 atom stereocenters. The molecule has 1 aliphatic rings. The average molecular weight is 316 g/mol. The molecule has 2 heterocycles. The number of carbonyl (C=O) groups is 1. The zero-order chi connectivity index (χ0) is 13.0. The largest absolute Gasteiger partial charge is 0.481 e. The Labute approximate surface area is 115 Å². The Balaban J connectivity index is 1.73. The lowest BCUT2D eigenvalue weighted by Crippen LogP contribution is -2.33. The summed E-state index contributed by atoms with van der Waals surface area (Å²) in [4.78, 5) is 12.9. The van der Waals surface area contributed by atoms with Gasteiger partial charge < -0.3 is 9.52 Å². The van der Waals surface area contributed by atoms with Crippen molar-refractivity contribution in [1.82, 2.24) is 4.90 Å². The van der Waals surface area contributed by atoms with Gasteiger partial charge in [0.1, 0.15) is 5.76 Å². The number of hydrogen-bond acceptors (Lipinski definition) is 3. The first kappa shape index (κ1) is 13.6. The highest BCUT2D eigenvalue weighted by molar-refractivity contribution is 9.10. The molecule has 1 aromatic heterocycles. The standard InChI is InChI=1S/C13H18BrNO3/c14-11-5-8-18-12(11)9-15-6-3-10(4-7-15)1-2-13(16)17/h5,8,10H,1-4,6-7,9H2,(H,16,17). The van der Waals surface area contributed by atoms with Crippen LogP contribution in [0.1, 0.15) is 31.4 Å². The summed E-state index contributed by atoms with van der Waals surface area (Å²) in [5, 5.41) is 8.67. The predicted molar refractivity (Wildman–Crippen MR) is 71.3 cm³/mol. The van der Waals surface area contributed by atoms with E-state index in [1.54, 1.807) is 6.26 Å². The molecule has 0 aromatic carbocycles. The number of nitrogens with zero attached hydrogens (tertiary/aromatic N) is 1. The number of piperidine rings is 1. The van der Waals surface area contributed by atoms with Crippen LogP contribution in [0.25, 0.3) is 0 Å². The number of rotatable bonds is 5. The molecule has 1 saturated heterocycles. The van der Waals surface area contributed by atoms with E-state index >= 15 is 0 Å². The van der Waals surface area contributed by atoms with Gasteiger partial charge in [-0.1, -0.05) is 0 Å². The second-order valence-electron chi connectivity index (χ2n) is 4.84. The third kappa shape index (κ3) is 3.85. The van der Waals surface area contributed by atoms with Gasteiger partial charge in [-0.2, -0.15) is 0 Å². The summed E-state index contributed by atoms with van der Waals surface area (Å²) in [6.45, 7) is 2.88. The Morgan fingerprint density at radius 3 is 2.78 bits per heavy atom. The fourth-order valence-corrected chi connectivity index (χ4v) is 2.73. The van der Waals surface area contributed by atoms with Gasteiger partial charge in [0.25, 0.3) is 0 Å². The van der Waals surface area contributed by atoms with Crippen molar-refractivity contribution in [2.24, 2.45) is 5.92 Å². The molecule has 100 valence electrons. The van der Waals surface area contributed by atoms with Gasteiger partial charge in [-0.05, 0) is 60.3 Å². The van der Waals surface area contributed by atoms with Crippen LogP contribution in [0.5, 0.6) is 0 Å².